The number of amides is 1. The first-order chi connectivity index (χ1) is 10.1. The molecule has 0 radical (unpaired) electrons. The second-order valence-corrected chi connectivity index (χ2v) is 5.72. The van der Waals surface area contributed by atoms with Crippen molar-refractivity contribution in [1.29, 1.82) is 0 Å². The normalized spacial score (nSPS) is 18.2. The fourth-order valence-corrected chi connectivity index (χ4v) is 2.97. The molecule has 0 spiro atoms. The average Bonchev–Trinajstić information content (AvgIpc) is 3.09. The van der Waals surface area contributed by atoms with E-state index in [-0.39, 0.29) is 11.9 Å². The largest absolute Gasteiger partial charge is 0.359 e. The summed E-state index contributed by atoms with van der Waals surface area (Å²) in [7, 11) is 0. The Morgan fingerprint density at radius 3 is 2.90 bits per heavy atom. The number of benzene rings is 1. The first-order valence-electron chi connectivity index (χ1n) is 7.42. The van der Waals surface area contributed by atoms with E-state index < -0.39 is 0 Å². The molecule has 0 bridgehead atoms. The molecule has 3 rings (SSSR count). The van der Waals surface area contributed by atoms with Crippen molar-refractivity contribution in [3.05, 3.63) is 52.9 Å². The minimum Gasteiger partial charge on any atom is -0.359 e. The number of hydrogen-bond acceptors (Lipinski definition) is 3. The molecule has 1 fully saturated rings. The van der Waals surface area contributed by atoms with Crippen molar-refractivity contribution in [2.24, 2.45) is 0 Å². The Labute approximate surface area is 124 Å². The van der Waals surface area contributed by atoms with Crippen LogP contribution in [0.25, 0.3) is 0 Å². The molecule has 0 aliphatic carbocycles. The van der Waals surface area contributed by atoms with Crippen molar-refractivity contribution in [1.82, 2.24) is 10.1 Å². The van der Waals surface area contributed by atoms with Gasteiger partial charge in [-0.2, -0.15) is 0 Å². The summed E-state index contributed by atoms with van der Waals surface area (Å²) < 4.78 is 5.36. The van der Waals surface area contributed by atoms with Crippen LogP contribution in [0.2, 0.25) is 0 Å². The first-order valence-corrected chi connectivity index (χ1v) is 7.42. The maximum atomic E-state index is 12.6. The Morgan fingerprint density at radius 2 is 2.19 bits per heavy atom. The van der Waals surface area contributed by atoms with Gasteiger partial charge in [0.15, 0.2) is 5.76 Å². The minimum absolute atomic E-state index is 0.0442. The van der Waals surface area contributed by atoms with Gasteiger partial charge in [-0.05, 0) is 37.8 Å². The summed E-state index contributed by atoms with van der Waals surface area (Å²) in [6.45, 7) is 4.75. The molecule has 1 aliphatic rings. The standard InChI is InChI=1S/C17H20N2O2/c1-12-6-3-4-7-14(12)11-17(20)19-9-5-8-15(19)16-10-13(2)18-21-16/h3-4,6-7,10,15H,5,8-9,11H2,1-2H3/t15-/m0/s1. The molecule has 1 aromatic heterocycles. The predicted octanol–water partition coefficient (Wildman–Crippen LogP) is 3.20. The molecule has 1 amide bonds. The second-order valence-electron chi connectivity index (χ2n) is 5.72. The fraction of sp³-hybridized carbons (Fsp3) is 0.412. The van der Waals surface area contributed by atoms with Crippen molar-refractivity contribution in [2.75, 3.05) is 6.54 Å². The number of aromatic nitrogens is 1. The number of hydrogen-bond donors (Lipinski definition) is 0. The van der Waals surface area contributed by atoms with Crippen molar-refractivity contribution in [3.8, 4) is 0 Å². The molecule has 0 unspecified atom stereocenters. The van der Waals surface area contributed by atoms with Gasteiger partial charge < -0.3 is 9.42 Å². The highest BCUT2D eigenvalue weighted by molar-refractivity contribution is 5.79. The lowest BCUT2D eigenvalue weighted by Gasteiger charge is -2.23. The summed E-state index contributed by atoms with van der Waals surface area (Å²) in [5, 5.41) is 3.94. The second kappa shape index (κ2) is 5.72. The summed E-state index contributed by atoms with van der Waals surface area (Å²) in [5.74, 6) is 0.976. The molecular weight excluding hydrogens is 264 g/mol. The van der Waals surface area contributed by atoms with Crippen LogP contribution in [0.15, 0.2) is 34.9 Å². The summed E-state index contributed by atoms with van der Waals surface area (Å²) in [5.41, 5.74) is 3.13. The van der Waals surface area contributed by atoms with E-state index in [0.717, 1.165) is 42.0 Å². The van der Waals surface area contributed by atoms with Crippen molar-refractivity contribution in [2.45, 2.75) is 39.2 Å². The van der Waals surface area contributed by atoms with E-state index in [4.69, 9.17) is 4.52 Å². The Morgan fingerprint density at radius 1 is 1.38 bits per heavy atom. The van der Waals surface area contributed by atoms with Crippen LogP contribution in [-0.2, 0) is 11.2 Å². The fourth-order valence-electron chi connectivity index (χ4n) is 2.97. The zero-order valence-corrected chi connectivity index (χ0v) is 12.5. The van der Waals surface area contributed by atoms with Crippen LogP contribution >= 0.6 is 0 Å². The van der Waals surface area contributed by atoms with Crippen molar-refractivity contribution in [3.63, 3.8) is 0 Å². The third-order valence-electron chi connectivity index (χ3n) is 4.15. The molecule has 1 saturated heterocycles. The highest BCUT2D eigenvalue weighted by Gasteiger charge is 2.32. The number of nitrogens with zero attached hydrogens (tertiary/aromatic N) is 2. The Bertz CT molecular complexity index is 648. The maximum absolute atomic E-state index is 12.6. The quantitative estimate of drug-likeness (QED) is 0.869. The SMILES string of the molecule is Cc1cc([C@@H]2CCCN2C(=O)Cc2ccccc2C)on1. The molecule has 2 heterocycles. The van der Waals surface area contributed by atoms with Crippen LogP contribution in [0.1, 0.15) is 41.5 Å². The van der Waals surface area contributed by atoms with Gasteiger partial charge in [0.05, 0.1) is 18.2 Å². The van der Waals surface area contributed by atoms with E-state index in [1.54, 1.807) is 0 Å². The van der Waals surface area contributed by atoms with Crippen LogP contribution < -0.4 is 0 Å². The summed E-state index contributed by atoms with van der Waals surface area (Å²) in [6.07, 6.45) is 2.42. The number of carbonyl (C=O) groups excluding carboxylic acids is 1. The summed E-state index contributed by atoms with van der Waals surface area (Å²) in [6, 6.07) is 10.0. The smallest absolute Gasteiger partial charge is 0.227 e. The number of aryl methyl sites for hydroxylation is 2. The van der Waals surface area contributed by atoms with E-state index in [1.807, 2.05) is 49.1 Å². The van der Waals surface area contributed by atoms with E-state index in [1.165, 1.54) is 0 Å². The van der Waals surface area contributed by atoms with E-state index in [0.29, 0.717) is 6.42 Å². The average molecular weight is 284 g/mol. The van der Waals surface area contributed by atoms with Crippen molar-refractivity contribution >= 4 is 5.91 Å². The van der Waals surface area contributed by atoms with Gasteiger partial charge in [0.1, 0.15) is 0 Å². The van der Waals surface area contributed by atoms with Crippen LogP contribution in [0, 0.1) is 13.8 Å². The van der Waals surface area contributed by atoms with E-state index >= 15 is 0 Å². The zero-order valence-electron chi connectivity index (χ0n) is 12.5. The van der Waals surface area contributed by atoms with Gasteiger partial charge in [-0.3, -0.25) is 4.79 Å². The Kier molecular flexibility index (Phi) is 3.78. The molecule has 1 atom stereocenters. The van der Waals surface area contributed by atoms with E-state index in [2.05, 4.69) is 5.16 Å². The van der Waals surface area contributed by atoms with Gasteiger partial charge >= 0.3 is 0 Å². The van der Waals surface area contributed by atoms with Gasteiger partial charge in [-0.15, -0.1) is 0 Å². The molecule has 4 nitrogen and oxygen atoms in total. The molecule has 1 aromatic carbocycles. The Hall–Kier alpha value is -2.10. The minimum atomic E-state index is 0.0442. The van der Waals surface area contributed by atoms with Crippen LogP contribution in [0.4, 0.5) is 0 Å². The van der Waals surface area contributed by atoms with Gasteiger partial charge in [0, 0.05) is 12.6 Å². The van der Waals surface area contributed by atoms with E-state index in [9.17, 15) is 4.79 Å². The maximum Gasteiger partial charge on any atom is 0.227 e. The highest BCUT2D eigenvalue weighted by atomic mass is 16.5. The van der Waals surface area contributed by atoms with Crippen LogP contribution in [0.5, 0.6) is 0 Å². The number of carbonyl (C=O) groups is 1. The molecule has 1 aliphatic heterocycles. The molecular formula is C17H20N2O2. The van der Waals surface area contributed by atoms with Crippen molar-refractivity contribution < 1.29 is 9.32 Å². The monoisotopic (exact) mass is 284 g/mol. The van der Waals surface area contributed by atoms with Gasteiger partial charge in [0.25, 0.3) is 0 Å². The lowest BCUT2D eigenvalue weighted by atomic mass is 10.0. The molecule has 0 saturated carbocycles. The molecule has 21 heavy (non-hydrogen) atoms. The highest BCUT2D eigenvalue weighted by Crippen LogP contribution is 2.32. The lowest BCUT2D eigenvalue weighted by Crippen LogP contribution is -2.31. The first kappa shape index (κ1) is 13.9. The van der Waals surface area contributed by atoms with Crippen LogP contribution in [0.3, 0.4) is 0 Å². The molecule has 0 N–H and O–H groups in total. The van der Waals surface area contributed by atoms with Gasteiger partial charge in [-0.25, -0.2) is 0 Å². The topological polar surface area (TPSA) is 46.3 Å². The predicted molar refractivity (Wildman–Crippen MR) is 79.8 cm³/mol. The third-order valence-corrected chi connectivity index (χ3v) is 4.15. The Balaban J connectivity index is 1.76. The summed E-state index contributed by atoms with van der Waals surface area (Å²) in [4.78, 5) is 14.6. The molecule has 110 valence electrons. The zero-order chi connectivity index (χ0) is 14.8. The number of likely N-dealkylation sites (tertiary alicyclic amines) is 1. The lowest BCUT2D eigenvalue weighted by molar-refractivity contribution is -0.131. The van der Waals surface area contributed by atoms with Gasteiger partial charge in [0.2, 0.25) is 5.91 Å². The van der Waals surface area contributed by atoms with Crippen LogP contribution in [-0.4, -0.2) is 22.5 Å². The molecule has 2 aromatic rings. The molecule has 4 heteroatoms. The third kappa shape index (κ3) is 2.84. The summed E-state index contributed by atoms with van der Waals surface area (Å²) >= 11 is 0. The number of rotatable bonds is 3. The van der Waals surface area contributed by atoms with Gasteiger partial charge in [-0.1, -0.05) is 29.4 Å².